The van der Waals surface area contributed by atoms with Crippen LogP contribution < -0.4 is 5.32 Å². The number of para-hydroxylation sites is 1. The summed E-state index contributed by atoms with van der Waals surface area (Å²) in [5, 5.41) is 3.81. The van der Waals surface area contributed by atoms with Crippen molar-refractivity contribution in [3.05, 3.63) is 65.4 Å². The highest BCUT2D eigenvalue weighted by atomic mass is 16.2. The monoisotopic (exact) mass is 363 g/mol. The number of benzene rings is 2. The average Bonchev–Trinajstić information content (AvgIpc) is 3.03. The summed E-state index contributed by atoms with van der Waals surface area (Å²) >= 11 is 0. The van der Waals surface area contributed by atoms with Crippen LogP contribution in [0.15, 0.2) is 48.7 Å². The van der Waals surface area contributed by atoms with Gasteiger partial charge >= 0.3 is 0 Å². The van der Waals surface area contributed by atoms with Gasteiger partial charge in [0.25, 0.3) is 5.91 Å². The number of fused-ring (bicyclic) bond motifs is 1. The molecular formula is C22H25N3O2. The molecule has 0 saturated carbocycles. The molecule has 3 aromatic rings. The quantitative estimate of drug-likeness (QED) is 0.745. The summed E-state index contributed by atoms with van der Waals surface area (Å²) in [5.74, 6) is -0.367. The molecule has 0 saturated heterocycles. The minimum Gasteiger partial charge on any atom is -0.347 e. The number of amides is 2. The molecular weight excluding hydrogens is 338 g/mol. The van der Waals surface area contributed by atoms with Crippen molar-refractivity contribution in [1.82, 2.24) is 9.47 Å². The lowest BCUT2D eigenvalue weighted by atomic mass is 10.1. The molecule has 1 heterocycles. The van der Waals surface area contributed by atoms with Crippen LogP contribution >= 0.6 is 0 Å². The summed E-state index contributed by atoms with van der Waals surface area (Å²) in [6.07, 6.45) is 1.87. The minimum absolute atomic E-state index is 0.00214. The molecule has 0 aliphatic carbocycles. The van der Waals surface area contributed by atoms with Crippen molar-refractivity contribution >= 4 is 28.4 Å². The predicted octanol–water partition coefficient (Wildman–Crippen LogP) is 3.99. The van der Waals surface area contributed by atoms with Crippen molar-refractivity contribution in [1.29, 1.82) is 0 Å². The molecule has 0 spiro atoms. The van der Waals surface area contributed by atoms with Crippen LogP contribution in [-0.2, 0) is 11.3 Å². The highest BCUT2D eigenvalue weighted by Crippen LogP contribution is 2.23. The second kappa shape index (κ2) is 7.66. The largest absolute Gasteiger partial charge is 0.347 e. The Morgan fingerprint density at radius 1 is 1.07 bits per heavy atom. The Labute approximate surface area is 159 Å². The lowest BCUT2D eigenvalue weighted by Crippen LogP contribution is -2.35. The normalized spacial score (nSPS) is 10.8. The van der Waals surface area contributed by atoms with Gasteiger partial charge in [-0.3, -0.25) is 9.59 Å². The first-order chi connectivity index (χ1) is 12.9. The molecule has 5 heteroatoms. The molecule has 27 heavy (non-hydrogen) atoms. The maximum atomic E-state index is 12.9. The Hall–Kier alpha value is -3.08. The summed E-state index contributed by atoms with van der Waals surface area (Å²) < 4.78 is 2.05. The summed E-state index contributed by atoms with van der Waals surface area (Å²) in [5.41, 5.74) is 4.57. The molecule has 3 rings (SSSR count). The van der Waals surface area contributed by atoms with Crippen LogP contribution in [0.25, 0.3) is 10.9 Å². The molecule has 140 valence electrons. The van der Waals surface area contributed by atoms with Crippen LogP contribution in [0.3, 0.4) is 0 Å². The fourth-order valence-electron chi connectivity index (χ4n) is 3.25. The third-order valence-electron chi connectivity index (χ3n) is 4.97. The topological polar surface area (TPSA) is 54.3 Å². The predicted molar refractivity (Wildman–Crippen MR) is 109 cm³/mol. The van der Waals surface area contributed by atoms with E-state index in [1.54, 1.807) is 7.05 Å². The maximum absolute atomic E-state index is 12.9. The lowest BCUT2D eigenvalue weighted by molar-refractivity contribution is -0.116. The second-order valence-electron chi connectivity index (χ2n) is 6.80. The standard InChI is InChI=1S/C22H25N3O2/c1-5-25-13-18(17-10-6-7-12-20(17)25)22(27)24(4)14-21(26)23-19-11-8-9-15(2)16(19)3/h6-13H,5,14H2,1-4H3,(H,23,26). The van der Waals surface area contributed by atoms with Gasteiger partial charge in [-0.25, -0.2) is 0 Å². The summed E-state index contributed by atoms with van der Waals surface area (Å²) in [4.78, 5) is 26.8. The number of likely N-dealkylation sites (N-methyl/N-ethyl adjacent to an activating group) is 1. The van der Waals surface area contributed by atoms with E-state index in [0.717, 1.165) is 34.3 Å². The van der Waals surface area contributed by atoms with Crippen molar-refractivity contribution in [2.45, 2.75) is 27.3 Å². The SMILES string of the molecule is CCn1cc(C(=O)N(C)CC(=O)Nc2cccc(C)c2C)c2ccccc21. The van der Waals surface area contributed by atoms with Crippen LogP contribution in [0, 0.1) is 13.8 Å². The lowest BCUT2D eigenvalue weighted by Gasteiger charge is -2.17. The number of carbonyl (C=O) groups is 2. The molecule has 0 unspecified atom stereocenters. The van der Waals surface area contributed by atoms with Crippen LogP contribution in [0.1, 0.15) is 28.4 Å². The zero-order valence-corrected chi connectivity index (χ0v) is 16.2. The van der Waals surface area contributed by atoms with E-state index in [2.05, 4.69) is 5.32 Å². The Morgan fingerprint density at radius 2 is 1.81 bits per heavy atom. The van der Waals surface area contributed by atoms with E-state index in [1.807, 2.05) is 74.0 Å². The zero-order chi connectivity index (χ0) is 19.6. The highest BCUT2D eigenvalue weighted by molar-refractivity contribution is 6.08. The van der Waals surface area contributed by atoms with Crippen molar-refractivity contribution < 1.29 is 9.59 Å². The third-order valence-corrected chi connectivity index (χ3v) is 4.97. The van der Waals surface area contributed by atoms with E-state index in [-0.39, 0.29) is 18.4 Å². The zero-order valence-electron chi connectivity index (χ0n) is 16.2. The molecule has 5 nitrogen and oxygen atoms in total. The number of rotatable bonds is 5. The number of nitrogens with one attached hydrogen (secondary N) is 1. The number of anilines is 1. The summed E-state index contributed by atoms with van der Waals surface area (Å²) in [7, 11) is 1.66. The minimum atomic E-state index is -0.209. The van der Waals surface area contributed by atoms with E-state index in [1.165, 1.54) is 4.90 Å². The first-order valence-electron chi connectivity index (χ1n) is 9.11. The molecule has 0 bridgehead atoms. The van der Waals surface area contributed by atoms with Gasteiger partial charge in [-0.1, -0.05) is 30.3 Å². The van der Waals surface area contributed by atoms with Crippen LogP contribution in [0.2, 0.25) is 0 Å². The number of hydrogen-bond donors (Lipinski definition) is 1. The van der Waals surface area contributed by atoms with Crippen molar-refractivity contribution in [3.8, 4) is 0 Å². The van der Waals surface area contributed by atoms with E-state index in [0.29, 0.717) is 5.56 Å². The summed E-state index contributed by atoms with van der Waals surface area (Å²) in [6.45, 7) is 6.80. The van der Waals surface area contributed by atoms with Gasteiger partial charge in [-0.2, -0.15) is 0 Å². The van der Waals surface area contributed by atoms with E-state index in [4.69, 9.17) is 0 Å². The van der Waals surface area contributed by atoms with Crippen molar-refractivity contribution in [2.75, 3.05) is 18.9 Å². The van der Waals surface area contributed by atoms with Gasteiger partial charge in [0.05, 0.1) is 12.1 Å². The Bertz CT molecular complexity index is 1000. The number of carbonyl (C=O) groups excluding carboxylic acids is 2. The number of aromatic nitrogens is 1. The number of nitrogens with zero attached hydrogens (tertiary/aromatic N) is 2. The number of hydrogen-bond acceptors (Lipinski definition) is 2. The van der Waals surface area contributed by atoms with E-state index < -0.39 is 0 Å². The van der Waals surface area contributed by atoms with Gasteiger partial charge in [0.15, 0.2) is 0 Å². The molecule has 0 atom stereocenters. The average molecular weight is 363 g/mol. The van der Waals surface area contributed by atoms with E-state index in [9.17, 15) is 9.59 Å². The number of aryl methyl sites for hydroxylation is 2. The first kappa shape index (κ1) is 18.7. The van der Waals surface area contributed by atoms with Gasteiger partial charge in [-0.05, 0) is 44.0 Å². The fourth-order valence-corrected chi connectivity index (χ4v) is 3.25. The fraction of sp³-hybridized carbons (Fsp3) is 0.273. The molecule has 0 aliphatic rings. The maximum Gasteiger partial charge on any atom is 0.256 e. The van der Waals surface area contributed by atoms with E-state index >= 15 is 0 Å². The second-order valence-corrected chi connectivity index (χ2v) is 6.80. The van der Waals surface area contributed by atoms with Gasteiger partial charge < -0.3 is 14.8 Å². The van der Waals surface area contributed by atoms with Crippen molar-refractivity contribution in [3.63, 3.8) is 0 Å². The van der Waals surface area contributed by atoms with Gasteiger partial charge in [0, 0.05) is 36.4 Å². The summed E-state index contributed by atoms with van der Waals surface area (Å²) in [6, 6.07) is 13.6. The highest BCUT2D eigenvalue weighted by Gasteiger charge is 2.20. The molecule has 0 radical (unpaired) electrons. The van der Waals surface area contributed by atoms with Crippen LogP contribution in [-0.4, -0.2) is 34.9 Å². The third kappa shape index (κ3) is 3.72. The Morgan fingerprint density at radius 3 is 2.56 bits per heavy atom. The van der Waals surface area contributed by atoms with Crippen molar-refractivity contribution in [2.24, 2.45) is 0 Å². The molecule has 0 aliphatic heterocycles. The Kier molecular flexibility index (Phi) is 5.31. The molecule has 0 fully saturated rings. The molecule has 1 N–H and O–H groups in total. The first-order valence-corrected chi connectivity index (χ1v) is 9.11. The van der Waals surface area contributed by atoms with Crippen LogP contribution in [0.4, 0.5) is 5.69 Å². The molecule has 2 aromatic carbocycles. The smallest absolute Gasteiger partial charge is 0.256 e. The molecule has 1 aromatic heterocycles. The van der Waals surface area contributed by atoms with Crippen LogP contribution in [0.5, 0.6) is 0 Å². The van der Waals surface area contributed by atoms with Gasteiger partial charge in [-0.15, -0.1) is 0 Å². The van der Waals surface area contributed by atoms with Gasteiger partial charge in [0.1, 0.15) is 0 Å². The molecule has 2 amide bonds. The van der Waals surface area contributed by atoms with Gasteiger partial charge in [0.2, 0.25) is 5.91 Å². The Balaban J connectivity index is 1.76.